The Morgan fingerprint density at radius 1 is 0.920 bits per heavy atom. The highest BCUT2D eigenvalue weighted by atomic mass is 19.1. The fourth-order valence-corrected chi connectivity index (χ4v) is 3.66. The van der Waals surface area contributed by atoms with Crippen LogP contribution in [0.5, 0.6) is 0 Å². The molecule has 5 rings (SSSR count). The van der Waals surface area contributed by atoms with Gasteiger partial charge in [-0.1, -0.05) is 42.5 Å². The van der Waals surface area contributed by atoms with Gasteiger partial charge in [-0.3, -0.25) is 0 Å². The van der Waals surface area contributed by atoms with E-state index in [1.54, 1.807) is 0 Å². The summed E-state index contributed by atoms with van der Waals surface area (Å²) < 4.78 is 27.5. The minimum atomic E-state index is -0.679. The summed E-state index contributed by atoms with van der Waals surface area (Å²) in [6.45, 7) is 0. The number of benzene rings is 3. The van der Waals surface area contributed by atoms with Crippen molar-refractivity contribution >= 4 is 11.0 Å². The van der Waals surface area contributed by atoms with Crippen molar-refractivity contribution in [1.29, 1.82) is 0 Å². The molecule has 3 nitrogen and oxygen atoms in total. The minimum Gasteiger partial charge on any atom is -0.338 e. The number of hydrogen-bond acceptors (Lipinski definition) is 2. The number of hydrogen-bond donors (Lipinski definition) is 2. The van der Waals surface area contributed by atoms with Crippen LogP contribution in [-0.2, 0) is 0 Å². The third-order valence-electron chi connectivity index (χ3n) is 4.76. The molecule has 5 heteroatoms. The van der Waals surface area contributed by atoms with E-state index < -0.39 is 11.6 Å². The second-order valence-electron chi connectivity index (χ2n) is 6.20. The van der Waals surface area contributed by atoms with Crippen LogP contribution in [0.4, 0.5) is 8.78 Å². The van der Waals surface area contributed by atoms with Crippen molar-refractivity contribution in [1.82, 2.24) is 9.97 Å². The van der Waals surface area contributed by atoms with Gasteiger partial charge in [0.1, 0.15) is 17.2 Å². The van der Waals surface area contributed by atoms with Gasteiger partial charge in [0.15, 0.2) is 5.82 Å². The second-order valence-corrected chi connectivity index (χ2v) is 6.20. The lowest BCUT2D eigenvalue weighted by Crippen LogP contribution is -2.07. The smallest absolute Gasteiger partial charge is 0.153 e. The molecule has 1 atom stereocenters. The number of halogens is 2. The molecule has 0 spiro atoms. The molecule has 0 fully saturated rings. The lowest BCUT2D eigenvalue weighted by Gasteiger charge is -2.08. The van der Waals surface area contributed by atoms with Crippen LogP contribution in [0.2, 0.25) is 0 Å². The van der Waals surface area contributed by atoms with Crippen LogP contribution in [0.25, 0.3) is 33.5 Å². The molecular weight excluding hydrogens is 320 g/mol. The monoisotopic (exact) mass is 333 g/mol. The predicted octanol–water partition coefficient (Wildman–Crippen LogP) is 4.54. The molecule has 1 aliphatic carbocycles. The number of nitrogens with one attached hydrogen (secondary N) is 1. The number of aromatic nitrogens is 2. The lowest BCUT2D eigenvalue weighted by molar-refractivity contribution is 0.591. The largest absolute Gasteiger partial charge is 0.338 e. The molecule has 1 aliphatic rings. The average molecular weight is 333 g/mol. The van der Waals surface area contributed by atoms with E-state index in [0.29, 0.717) is 11.3 Å². The van der Waals surface area contributed by atoms with Crippen LogP contribution in [0, 0.1) is 11.6 Å². The first-order valence-electron chi connectivity index (χ1n) is 7.96. The molecule has 0 saturated carbocycles. The highest BCUT2D eigenvalue weighted by Crippen LogP contribution is 2.46. The van der Waals surface area contributed by atoms with Gasteiger partial charge in [-0.15, -0.1) is 0 Å². The Hall–Kier alpha value is -3.05. The molecule has 1 heterocycles. The zero-order valence-corrected chi connectivity index (χ0v) is 13.1. The minimum absolute atomic E-state index is 0.129. The normalized spacial score (nSPS) is 15.4. The summed E-state index contributed by atoms with van der Waals surface area (Å²) in [6.07, 6.45) is 0. The number of nitrogens with two attached hydrogens (primary N) is 1. The first kappa shape index (κ1) is 14.3. The Bertz CT molecular complexity index is 1150. The van der Waals surface area contributed by atoms with Gasteiger partial charge in [-0.2, -0.15) is 0 Å². The van der Waals surface area contributed by atoms with Gasteiger partial charge in [0.05, 0.1) is 11.6 Å². The van der Waals surface area contributed by atoms with Crippen molar-refractivity contribution in [3.8, 4) is 22.5 Å². The van der Waals surface area contributed by atoms with Crippen LogP contribution in [0.3, 0.4) is 0 Å². The number of aromatic amines is 1. The summed E-state index contributed by atoms with van der Waals surface area (Å²) in [5.41, 5.74) is 11.8. The Morgan fingerprint density at radius 2 is 1.68 bits per heavy atom. The predicted molar refractivity (Wildman–Crippen MR) is 92.9 cm³/mol. The Labute approximate surface area is 142 Å². The number of rotatable bonds is 1. The maximum atomic E-state index is 14.0. The fraction of sp³-hybridized carbons (Fsp3) is 0.0500. The van der Waals surface area contributed by atoms with Gasteiger partial charge in [-0.05, 0) is 28.3 Å². The highest BCUT2D eigenvalue weighted by molar-refractivity contribution is 5.91. The van der Waals surface area contributed by atoms with Crippen LogP contribution in [0.1, 0.15) is 17.2 Å². The van der Waals surface area contributed by atoms with Gasteiger partial charge in [0.2, 0.25) is 0 Å². The summed E-state index contributed by atoms with van der Waals surface area (Å²) >= 11 is 0. The maximum absolute atomic E-state index is 14.0. The quantitative estimate of drug-likeness (QED) is 0.537. The number of H-pyrrole nitrogens is 1. The van der Waals surface area contributed by atoms with Crippen LogP contribution >= 0.6 is 0 Å². The van der Waals surface area contributed by atoms with Crippen LogP contribution in [0.15, 0.2) is 54.6 Å². The molecule has 25 heavy (non-hydrogen) atoms. The third kappa shape index (κ3) is 1.96. The Morgan fingerprint density at radius 3 is 2.56 bits per heavy atom. The van der Waals surface area contributed by atoms with E-state index in [2.05, 4.69) is 9.97 Å². The molecule has 0 aliphatic heterocycles. The summed E-state index contributed by atoms with van der Waals surface area (Å²) in [6, 6.07) is 15.7. The van der Waals surface area contributed by atoms with Gasteiger partial charge in [0, 0.05) is 11.6 Å². The van der Waals surface area contributed by atoms with E-state index in [-0.39, 0.29) is 11.6 Å². The van der Waals surface area contributed by atoms with Crippen molar-refractivity contribution in [3.63, 3.8) is 0 Å². The van der Waals surface area contributed by atoms with E-state index in [9.17, 15) is 8.78 Å². The zero-order chi connectivity index (χ0) is 17.1. The zero-order valence-electron chi connectivity index (χ0n) is 13.1. The van der Waals surface area contributed by atoms with Crippen LogP contribution < -0.4 is 5.73 Å². The number of fused-ring (bicyclic) bond motifs is 4. The van der Waals surface area contributed by atoms with E-state index in [1.807, 2.05) is 42.5 Å². The molecule has 0 radical (unpaired) electrons. The van der Waals surface area contributed by atoms with Crippen molar-refractivity contribution in [3.05, 3.63) is 77.4 Å². The van der Waals surface area contributed by atoms with Gasteiger partial charge in [0.25, 0.3) is 0 Å². The average Bonchev–Trinajstić information content (AvgIpc) is 3.16. The van der Waals surface area contributed by atoms with Gasteiger partial charge < -0.3 is 10.7 Å². The summed E-state index contributed by atoms with van der Waals surface area (Å²) in [5.74, 6) is -0.812. The van der Waals surface area contributed by atoms with Gasteiger partial charge >= 0.3 is 0 Å². The van der Waals surface area contributed by atoms with Crippen molar-refractivity contribution in [2.45, 2.75) is 6.04 Å². The molecule has 1 unspecified atom stereocenters. The SMILES string of the molecule is NC1c2ccccc2-c2c(-c3nc4c(F)cc(F)cc4[nH]3)cccc21. The van der Waals surface area contributed by atoms with E-state index in [1.165, 1.54) is 6.07 Å². The standard InChI is InChI=1S/C20H13F2N3/c21-10-8-15(22)19-16(9-10)24-20(25-19)14-7-3-6-13-17(14)11-4-1-2-5-12(11)18(13)23/h1-9,18H,23H2,(H,24,25). The first-order chi connectivity index (χ1) is 12.1. The van der Waals surface area contributed by atoms with E-state index in [4.69, 9.17) is 5.73 Å². The molecule has 4 aromatic rings. The van der Waals surface area contributed by atoms with Crippen LogP contribution in [-0.4, -0.2) is 9.97 Å². The third-order valence-corrected chi connectivity index (χ3v) is 4.76. The highest BCUT2D eigenvalue weighted by Gasteiger charge is 2.28. The van der Waals surface area contributed by atoms with E-state index in [0.717, 1.165) is 33.9 Å². The fourth-order valence-electron chi connectivity index (χ4n) is 3.66. The summed E-state index contributed by atoms with van der Waals surface area (Å²) in [5, 5.41) is 0. The summed E-state index contributed by atoms with van der Waals surface area (Å²) in [4.78, 5) is 7.40. The topological polar surface area (TPSA) is 54.7 Å². The number of nitrogens with zero attached hydrogens (tertiary/aromatic N) is 1. The molecule has 0 amide bonds. The molecule has 0 bridgehead atoms. The molecule has 0 saturated heterocycles. The number of imidazole rings is 1. The molecule has 1 aromatic heterocycles. The van der Waals surface area contributed by atoms with Gasteiger partial charge in [-0.25, -0.2) is 13.8 Å². The van der Waals surface area contributed by atoms with Crippen molar-refractivity contribution in [2.24, 2.45) is 5.73 Å². The molecular formula is C20H13F2N3. The van der Waals surface area contributed by atoms with E-state index >= 15 is 0 Å². The lowest BCUT2D eigenvalue weighted by atomic mass is 9.99. The summed E-state index contributed by atoms with van der Waals surface area (Å²) in [7, 11) is 0. The van der Waals surface area contributed by atoms with Crippen molar-refractivity contribution < 1.29 is 8.78 Å². The first-order valence-corrected chi connectivity index (χ1v) is 7.96. The Kier molecular flexibility index (Phi) is 2.85. The Balaban J connectivity index is 1.80. The molecule has 3 aromatic carbocycles. The molecule has 122 valence electrons. The molecule has 3 N–H and O–H groups in total. The van der Waals surface area contributed by atoms with Crippen molar-refractivity contribution in [2.75, 3.05) is 0 Å². The maximum Gasteiger partial charge on any atom is 0.153 e. The second kappa shape index (κ2) is 4.97.